The van der Waals surface area contributed by atoms with Gasteiger partial charge in [-0.3, -0.25) is 18.2 Å². The van der Waals surface area contributed by atoms with E-state index in [4.69, 9.17) is 23.4 Å². The number of carbonyl (C=O) groups is 3. The first kappa shape index (κ1) is 61.3. The van der Waals surface area contributed by atoms with Gasteiger partial charge < -0.3 is 33.0 Å². The SMILES string of the molecule is COC(=O)c1nc2n(c1C(O)c1ccnn1C)C1CC(C1)c1cc(F)c(Br)cc1-2.COC(=O)c1nc2n(c1C(OS(C)(=O)=O)c1ccnn1C)C1CC(C1)c1cc(F)c(Br)cc1-2.COC(=O)c1nc2n(c1Cc1ccnn1C)C1CC(C1)c1cc(F)c(Br)cc1-2. The molecule has 0 radical (unpaired) electrons. The maximum Gasteiger partial charge on any atom is 0.358 e. The molecule has 0 saturated heterocycles. The van der Waals surface area contributed by atoms with Gasteiger partial charge in [0, 0.05) is 86.7 Å². The molecule has 6 aromatic heterocycles. The van der Waals surface area contributed by atoms with Gasteiger partial charge in [-0.05, 0) is 175 Å². The molecule has 3 fully saturated rings. The zero-order valence-corrected chi connectivity index (χ0v) is 54.7. The van der Waals surface area contributed by atoms with Gasteiger partial charge in [0.25, 0.3) is 10.1 Å². The van der Waals surface area contributed by atoms with Crippen molar-refractivity contribution in [3.05, 3.63) is 172 Å². The zero-order valence-electron chi connectivity index (χ0n) is 49.2. The van der Waals surface area contributed by atoms with Gasteiger partial charge in [0.15, 0.2) is 23.2 Å². The number of aryl methyl sites for hydroxylation is 3. The molecule has 18 rings (SSSR count). The molecule has 0 spiro atoms. The molecule has 9 aliphatic rings. The molecule has 0 amide bonds. The van der Waals surface area contributed by atoms with Crippen molar-refractivity contribution < 1.29 is 59.5 Å². The molecule has 29 heteroatoms. The summed E-state index contributed by atoms with van der Waals surface area (Å²) in [4.78, 5) is 51.8. The van der Waals surface area contributed by atoms with Crippen LogP contribution in [0.4, 0.5) is 13.2 Å². The van der Waals surface area contributed by atoms with Crippen molar-refractivity contribution in [2.45, 2.75) is 93.0 Å². The highest BCUT2D eigenvalue weighted by Gasteiger charge is 2.47. The van der Waals surface area contributed by atoms with Crippen LogP contribution in [0.2, 0.25) is 0 Å². The predicted octanol–water partition coefficient (Wildman–Crippen LogP) is 10.9. The lowest BCUT2D eigenvalue weighted by molar-refractivity contribution is 0.0579. The molecule has 3 aromatic carbocycles. The number of aliphatic hydroxyl groups excluding tert-OH is 1. The summed E-state index contributed by atoms with van der Waals surface area (Å²) in [5, 5.41) is 23.7. The Balaban J connectivity index is 0.000000124. The molecule has 2 unspecified atom stereocenters. The molecule has 12 heterocycles. The van der Waals surface area contributed by atoms with E-state index in [1.165, 1.54) is 38.3 Å². The molecule has 9 aromatic rings. The first-order valence-corrected chi connectivity index (χ1v) is 32.7. The van der Waals surface area contributed by atoms with Crippen molar-refractivity contribution in [3.8, 4) is 34.2 Å². The van der Waals surface area contributed by atoms with Crippen molar-refractivity contribution in [3.63, 3.8) is 0 Å². The van der Waals surface area contributed by atoms with Crippen LogP contribution in [-0.2, 0) is 56.1 Å². The lowest BCUT2D eigenvalue weighted by atomic mass is 9.75. The highest BCUT2D eigenvalue weighted by atomic mass is 79.9. The summed E-state index contributed by atoms with van der Waals surface area (Å²) >= 11 is 9.80. The second kappa shape index (κ2) is 23.3. The Labute approximate surface area is 537 Å². The number of carbonyl (C=O) groups excluding carboxylic acids is 3. The third-order valence-electron chi connectivity index (χ3n) is 18.1. The third-order valence-corrected chi connectivity index (χ3v) is 20.5. The molecular formula is C61H56Br3F3N12O10S. The fourth-order valence-electron chi connectivity index (χ4n) is 13.5. The molecule has 1 N–H and O–H groups in total. The van der Waals surface area contributed by atoms with Gasteiger partial charge in [0.05, 0.1) is 69.5 Å². The van der Waals surface area contributed by atoms with Crippen molar-refractivity contribution >= 4 is 75.8 Å². The lowest BCUT2D eigenvalue weighted by Crippen LogP contribution is -2.28. The Hall–Kier alpha value is -7.57. The number of hydrogen-bond acceptors (Lipinski definition) is 16. The highest BCUT2D eigenvalue weighted by molar-refractivity contribution is 9.11. The van der Waals surface area contributed by atoms with Crippen LogP contribution >= 0.6 is 47.8 Å². The maximum atomic E-state index is 14.4. The van der Waals surface area contributed by atoms with E-state index in [0.717, 1.165) is 71.1 Å². The van der Waals surface area contributed by atoms with E-state index in [-0.39, 0.29) is 69.0 Å². The third kappa shape index (κ3) is 10.3. The zero-order chi connectivity index (χ0) is 63.7. The van der Waals surface area contributed by atoms with E-state index in [1.54, 1.807) is 78.3 Å². The Morgan fingerprint density at radius 1 is 0.567 bits per heavy atom. The second-order valence-corrected chi connectivity index (χ2v) is 27.3. The molecule has 3 saturated carbocycles. The number of methoxy groups -OCH3 is 3. The van der Waals surface area contributed by atoms with Crippen molar-refractivity contribution in [2.75, 3.05) is 27.6 Å². The minimum Gasteiger partial charge on any atom is -0.464 e. The van der Waals surface area contributed by atoms with Crippen LogP contribution in [0, 0.1) is 17.5 Å². The minimum atomic E-state index is -3.95. The number of esters is 3. The Bertz CT molecular complexity index is 4560. The topological polar surface area (TPSA) is 249 Å². The number of halogens is 6. The number of aromatic nitrogens is 12. The van der Waals surface area contributed by atoms with Gasteiger partial charge in [-0.1, -0.05) is 0 Å². The number of imidazole rings is 3. The average molecular weight is 1450 g/mol. The highest BCUT2D eigenvalue weighted by Crippen LogP contribution is 2.57. The van der Waals surface area contributed by atoms with Crippen molar-refractivity contribution in [1.82, 2.24) is 58.0 Å². The summed E-state index contributed by atoms with van der Waals surface area (Å²) in [6.45, 7) is 0. The number of rotatable bonds is 11. The molecule has 468 valence electrons. The van der Waals surface area contributed by atoms with E-state index < -0.39 is 40.2 Å². The monoisotopic (exact) mass is 1440 g/mol. The molecule has 2 atom stereocenters. The molecule has 6 bridgehead atoms. The summed E-state index contributed by atoms with van der Waals surface area (Å²) in [5.41, 5.74) is 8.69. The molecular weight excluding hydrogens is 1390 g/mol. The standard InChI is InChI=1S/C21H20BrFN4O5S.C20H18BrFN4O3.C20H18BrFN4O2/c1-26-16(4-5-24-26)19(32-33(3,29)30)18-17(21(28)31-2)25-20-13-8-14(22)15(23)9-12(13)10-6-11(7-10)27(18)20;1-25-15(3-4-23-25)18(27)17-16(20(28)29-2)24-19-12-7-13(21)14(22)8-11(12)9-5-10(6-9)26(17)19;1-25-11(3-4-23-25)7-17-18(20(27)28-2)24-19-14-8-15(21)16(22)9-13(14)10-5-12(6-10)26(17)19/h4-5,8-11,19H,6-7H2,1-3H3;3-4,7-10,18,27H,5-6H2,1-2H3;3-4,8-10,12H,5-7H2,1-2H3. The maximum absolute atomic E-state index is 14.4. The molecule has 90 heavy (non-hydrogen) atoms. The van der Waals surface area contributed by atoms with Gasteiger partial charge in [-0.25, -0.2) is 42.5 Å². The van der Waals surface area contributed by atoms with E-state index in [1.807, 2.05) is 22.2 Å². The first-order chi connectivity index (χ1) is 43.0. The predicted molar refractivity (Wildman–Crippen MR) is 327 cm³/mol. The van der Waals surface area contributed by atoms with E-state index >= 15 is 0 Å². The fourth-order valence-corrected chi connectivity index (χ4v) is 15.1. The number of nitrogens with zero attached hydrogens (tertiary/aromatic N) is 12. The minimum absolute atomic E-state index is 0.0564. The van der Waals surface area contributed by atoms with Crippen LogP contribution in [0.25, 0.3) is 34.2 Å². The van der Waals surface area contributed by atoms with Crippen LogP contribution in [0.15, 0.2) is 86.6 Å². The quantitative estimate of drug-likeness (QED) is 0.0718. The summed E-state index contributed by atoms with van der Waals surface area (Å²) in [5.74, 6) is -0.423. The number of hydrogen-bond donors (Lipinski definition) is 1. The van der Waals surface area contributed by atoms with E-state index in [9.17, 15) is 41.1 Å². The normalized spacial score (nSPS) is 19.8. The van der Waals surface area contributed by atoms with Gasteiger partial charge in [0.1, 0.15) is 41.0 Å². The average Bonchev–Trinajstić information content (AvgIpc) is 1.58. The van der Waals surface area contributed by atoms with Crippen LogP contribution < -0.4 is 0 Å². The number of ether oxygens (including phenoxy) is 3. The fraction of sp³-hybridized carbons (Fsp3) is 0.361. The van der Waals surface area contributed by atoms with Gasteiger partial charge in [0.2, 0.25) is 0 Å². The second-order valence-electron chi connectivity index (χ2n) is 23.1. The summed E-state index contributed by atoms with van der Waals surface area (Å²) in [7, 11) is 5.18. The lowest BCUT2D eigenvalue weighted by Gasteiger charge is -2.36. The van der Waals surface area contributed by atoms with Crippen LogP contribution in [0.5, 0.6) is 0 Å². The largest absolute Gasteiger partial charge is 0.464 e. The van der Waals surface area contributed by atoms with Crippen molar-refractivity contribution in [2.24, 2.45) is 21.1 Å². The van der Waals surface area contributed by atoms with Crippen LogP contribution in [-0.4, -0.2) is 117 Å². The van der Waals surface area contributed by atoms with Crippen LogP contribution in [0.3, 0.4) is 0 Å². The first-order valence-electron chi connectivity index (χ1n) is 28.5. The van der Waals surface area contributed by atoms with E-state index in [0.29, 0.717) is 79.9 Å². The molecule has 3 aliphatic carbocycles. The Morgan fingerprint density at radius 2 is 0.944 bits per heavy atom. The van der Waals surface area contributed by atoms with Gasteiger partial charge in [-0.2, -0.15) is 23.7 Å². The summed E-state index contributed by atoms with van der Waals surface area (Å²) in [6.07, 6.45) is 8.82. The number of benzene rings is 3. The summed E-state index contributed by atoms with van der Waals surface area (Å²) in [6, 6.07) is 15.2. The van der Waals surface area contributed by atoms with Gasteiger partial charge in [-0.15, -0.1) is 0 Å². The molecule has 22 nitrogen and oxygen atoms in total. The molecule has 6 aliphatic heterocycles. The van der Waals surface area contributed by atoms with Crippen molar-refractivity contribution in [1.29, 1.82) is 0 Å². The summed E-state index contributed by atoms with van der Waals surface area (Å²) < 4.78 is 99.6. The van der Waals surface area contributed by atoms with E-state index in [2.05, 4.69) is 77.6 Å². The Morgan fingerprint density at radius 3 is 1.36 bits per heavy atom. The smallest absolute Gasteiger partial charge is 0.358 e. The van der Waals surface area contributed by atoms with Crippen LogP contribution in [0.1, 0.15) is 169 Å². The van der Waals surface area contributed by atoms with Gasteiger partial charge >= 0.3 is 17.9 Å². The Kier molecular flexibility index (Phi) is 15.9. The number of aliphatic hydroxyl groups is 1.